The van der Waals surface area contributed by atoms with Crippen molar-refractivity contribution in [2.24, 2.45) is 5.10 Å². The van der Waals surface area contributed by atoms with Crippen LogP contribution in [-0.2, 0) is 6.54 Å². The van der Waals surface area contributed by atoms with Crippen LogP contribution in [0.4, 0.5) is 10.1 Å². The molecule has 1 heterocycles. The number of hydrogen-bond acceptors (Lipinski definition) is 8. The molecule has 0 aromatic heterocycles. The van der Waals surface area contributed by atoms with Crippen molar-refractivity contribution in [3.63, 3.8) is 0 Å². The Morgan fingerprint density at radius 2 is 1.51 bits per heavy atom. The van der Waals surface area contributed by atoms with Crippen LogP contribution in [0, 0.1) is 5.82 Å². The molecular formula is C29H33FN4O5. The molecule has 0 spiro atoms. The van der Waals surface area contributed by atoms with Gasteiger partial charge in [0.05, 0.1) is 34.7 Å². The van der Waals surface area contributed by atoms with E-state index in [1.165, 1.54) is 33.5 Å². The molecule has 0 bridgehead atoms. The van der Waals surface area contributed by atoms with Crippen LogP contribution in [0.2, 0.25) is 0 Å². The predicted molar refractivity (Wildman–Crippen MR) is 148 cm³/mol. The van der Waals surface area contributed by atoms with Crippen LogP contribution in [-0.4, -0.2) is 71.6 Å². The van der Waals surface area contributed by atoms with Gasteiger partial charge in [0.2, 0.25) is 5.75 Å². The van der Waals surface area contributed by atoms with Gasteiger partial charge in [-0.1, -0.05) is 0 Å². The van der Waals surface area contributed by atoms with E-state index >= 15 is 0 Å². The number of hydrogen-bond donors (Lipinski definition) is 1. The molecule has 0 saturated carbocycles. The monoisotopic (exact) mass is 536 g/mol. The molecule has 0 radical (unpaired) electrons. The highest BCUT2D eigenvalue weighted by atomic mass is 19.1. The molecular weight excluding hydrogens is 503 g/mol. The Kier molecular flexibility index (Phi) is 9.22. The Morgan fingerprint density at radius 3 is 2.10 bits per heavy atom. The van der Waals surface area contributed by atoms with Gasteiger partial charge in [0.1, 0.15) is 11.6 Å². The van der Waals surface area contributed by atoms with Gasteiger partial charge in [-0.05, 0) is 60.2 Å². The number of halogens is 1. The van der Waals surface area contributed by atoms with Crippen LogP contribution in [0.15, 0.2) is 59.7 Å². The van der Waals surface area contributed by atoms with E-state index in [1.54, 1.807) is 25.5 Å². The number of hydrazone groups is 1. The average Bonchev–Trinajstić information content (AvgIpc) is 2.97. The zero-order chi connectivity index (χ0) is 27.8. The number of benzene rings is 3. The number of rotatable bonds is 10. The molecule has 1 saturated heterocycles. The van der Waals surface area contributed by atoms with Crippen molar-refractivity contribution in [2.75, 3.05) is 59.5 Å². The average molecular weight is 537 g/mol. The first-order chi connectivity index (χ1) is 18.9. The van der Waals surface area contributed by atoms with Crippen molar-refractivity contribution in [2.45, 2.75) is 6.54 Å². The van der Waals surface area contributed by atoms with Crippen molar-refractivity contribution >= 4 is 17.8 Å². The second kappa shape index (κ2) is 13.0. The van der Waals surface area contributed by atoms with Gasteiger partial charge in [-0.2, -0.15) is 5.10 Å². The second-order valence-corrected chi connectivity index (χ2v) is 8.92. The lowest BCUT2D eigenvalue weighted by Crippen LogP contribution is -2.46. The molecule has 10 heteroatoms. The van der Waals surface area contributed by atoms with Crippen LogP contribution in [0.1, 0.15) is 21.5 Å². The first-order valence-electron chi connectivity index (χ1n) is 12.5. The zero-order valence-corrected chi connectivity index (χ0v) is 22.6. The topological polar surface area (TPSA) is 84.9 Å². The molecule has 1 N–H and O–H groups in total. The van der Waals surface area contributed by atoms with Gasteiger partial charge in [-0.15, -0.1) is 0 Å². The van der Waals surface area contributed by atoms with Crippen molar-refractivity contribution in [1.82, 2.24) is 10.3 Å². The van der Waals surface area contributed by atoms with Gasteiger partial charge in [0, 0.05) is 49.5 Å². The smallest absolute Gasteiger partial charge is 0.271 e. The molecule has 9 nitrogen and oxygen atoms in total. The number of nitrogens with zero attached hydrogens (tertiary/aromatic N) is 3. The molecule has 1 amide bonds. The van der Waals surface area contributed by atoms with Crippen molar-refractivity contribution in [1.29, 1.82) is 0 Å². The normalized spacial score (nSPS) is 13.8. The summed E-state index contributed by atoms with van der Waals surface area (Å²) in [5.74, 6) is 1.30. The molecule has 1 fully saturated rings. The minimum Gasteiger partial charge on any atom is -0.496 e. The highest BCUT2D eigenvalue weighted by Crippen LogP contribution is 2.38. The van der Waals surface area contributed by atoms with Crippen LogP contribution in [0.3, 0.4) is 0 Å². The third kappa shape index (κ3) is 6.77. The Morgan fingerprint density at radius 1 is 0.872 bits per heavy atom. The maximum atomic E-state index is 13.3. The molecule has 3 aromatic carbocycles. The molecule has 0 aliphatic carbocycles. The Labute approximate surface area is 227 Å². The maximum absolute atomic E-state index is 13.3. The number of carbonyl (C=O) groups is 1. The first-order valence-corrected chi connectivity index (χ1v) is 12.5. The lowest BCUT2D eigenvalue weighted by molar-refractivity contribution is 0.0954. The lowest BCUT2D eigenvalue weighted by atomic mass is 10.1. The van der Waals surface area contributed by atoms with E-state index in [9.17, 15) is 9.18 Å². The predicted octanol–water partition coefficient (Wildman–Crippen LogP) is 3.95. The number of amides is 1. The summed E-state index contributed by atoms with van der Waals surface area (Å²) in [6.07, 6.45) is 1.59. The maximum Gasteiger partial charge on any atom is 0.271 e. The summed E-state index contributed by atoms with van der Waals surface area (Å²) in [6, 6.07) is 15.5. The molecule has 1 aliphatic rings. The number of methoxy groups -OCH3 is 4. The number of piperazine rings is 1. The number of carbonyl (C=O) groups excluding carboxylic acids is 1. The summed E-state index contributed by atoms with van der Waals surface area (Å²) >= 11 is 0. The highest BCUT2D eigenvalue weighted by Gasteiger charge is 2.19. The van der Waals surface area contributed by atoms with Gasteiger partial charge >= 0.3 is 0 Å². The van der Waals surface area contributed by atoms with Crippen LogP contribution in [0.25, 0.3) is 0 Å². The molecule has 4 rings (SSSR count). The molecule has 39 heavy (non-hydrogen) atoms. The fourth-order valence-electron chi connectivity index (χ4n) is 4.50. The van der Waals surface area contributed by atoms with Gasteiger partial charge in [-0.3, -0.25) is 9.69 Å². The summed E-state index contributed by atoms with van der Waals surface area (Å²) in [4.78, 5) is 17.3. The molecule has 0 unspecified atom stereocenters. The van der Waals surface area contributed by atoms with E-state index in [1.807, 2.05) is 30.3 Å². The fourth-order valence-corrected chi connectivity index (χ4v) is 4.50. The molecule has 3 aromatic rings. The van der Waals surface area contributed by atoms with Gasteiger partial charge < -0.3 is 23.8 Å². The van der Waals surface area contributed by atoms with E-state index in [0.29, 0.717) is 29.4 Å². The highest BCUT2D eigenvalue weighted by molar-refractivity contribution is 5.96. The minimum atomic E-state index is -0.418. The third-order valence-electron chi connectivity index (χ3n) is 6.57. The third-order valence-corrected chi connectivity index (χ3v) is 6.57. The van der Waals surface area contributed by atoms with Crippen LogP contribution in [0.5, 0.6) is 23.0 Å². The molecule has 206 valence electrons. The molecule has 0 atom stereocenters. The molecule has 1 aliphatic heterocycles. The first kappa shape index (κ1) is 27.7. The summed E-state index contributed by atoms with van der Waals surface area (Å²) < 4.78 is 34.8. The van der Waals surface area contributed by atoms with E-state index in [0.717, 1.165) is 48.7 Å². The van der Waals surface area contributed by atoms with E-state index < -0.39 is 5.91 Å². The van der Waals surface area contributed by atoms with Crippen LogP contribution < -0.4 is 29.3 Å². The van der Waals surface area contributed by atoms with Crippen molar-refractivity contribution < 1.29 is 28.1 Å². The van der Waals surface area contributed by atoms with E-state index in [-0.39, 0.29) is 5.82 Å². The zero-order valence-electron chi connectivity index (χ0n) is 22.6. The summed E-state index contributed by atoms with van der Waals surface area (Å²) in [5.41, 5.74) is 5.73. The standard InChI is InChI=1S/C29H33FN4O5/c1-36-25-10-5-20(18-31-32-29(35)21-16-26(37-2)28(39-4)27(17-21)38-3)15-22(25)19-33-11-13-34(14-12-33)24-8-6-23(30)7-9-24/h5-10,15-18H,11-14,19H2,1-4H3,(H,32,35). The number of ether oxygens (including phenoxy) is 4. The van der Waals surface area contributed by atoms with Gasteiger partial charge in [0.25, 0.3) is 5.91 Å². The second-order valence-electron chi connectivity index (χ2n) is 8.92. The Hall–Kier alpha value is -4.31. The van der Waals surface area contributed by atoms with E-state index in [2.05, 4.69) is 20.3 Å². The van der Waals surface area contributed by atoms with Crippen molar-refractivity contribution in [3.8, 4) is 23.0 Å². The van der Waals surface area contributed by atoms with E-state index in [4.69, 9.17) is 18.9 Å². The quantitative estimate of drug-likeness (QED) is 0.310. The van der Waals surface area contributed by atoms with Crippen LogP contribution >= 0.6 is 0 Å². The number of nitrogens with one attached hydrogen (secondary N) is 1. The summed E-state index contributed by atoms with van der Waals surface area (Å²) in [7, 11) is 6.13. The largest absolute Gasteiger partial charge is 0.496 e. The van der Waals surface area contributed by atoms with Crippen molar-refractivity contribution in [3.05, 3.63) is 77.1 Å². The fraction of sp³-hybridized carbons (Fsp3) is 0.310. The Bertz CT molecular complexity index is 1280. The summed E-state index contributed by atoms with van der Waals surface area (Å²) in [6.45, 7) is 4.14. The lowest BCUT2D eigenvalue weighted by Gasteiger charge is -2.36. The summed E-state index contributed by atoms with van der Waals surface area (Å²) in [5, 5.41) is 4.14. The van der Waals surface area contributed by atoms with Gasteiger partial charge in [0.15, 0.2) is 11.5 Å². The SMILES string of the molecule is COc1ccc(C=NNC(=O)c2cc(OC)c(OC)c(OC)c2)cc1CN1CCN(c2ccc(F)cc2)CC1. The van der Waals surface area contributed by atoms with Gasteiger partial charge in [-0.25, -0.2) is 9.82 Å². The Balaban J connectivity index is 1.39. The number of anilines is 1. The minimum absolute atomic E-state index is 0.228.